The Hall–Kier alpha value is -1.60. The van der Waals surface area contributed by atoms with Crippen LogP contribution in [0.1, 0.15) is 51.9 Å². The van der Waals surface area contributed by atoms with Gasteiger partial charge in [0.25, 0.3) is 5.91 Å². The minimum atomic E-state index is -0.812. The molecule has 1 N–H and O–H groups in total. The number of amides is 1. The summed E-state index contributed by atoms with van der Waals surface area (Å²) < 4.78 is 11.2. The molecule has 1 amide bonds. The number of alkyl halides is 1. The summed E-state index contributed by atoms with van der Waals surface area (Å²) in [5.74, 6) is 0.919. The highest BCUT2D eigenvalue weighted by atomic mass is 79.9. The summed E-state index contributed by atoms with van der Waals surface area (Å²) in [6.07, 6.45) is 6.72. The topological polar surface area (TPSA) is 67.9 Å². The van der Waals surface area contributed by atoms with Gasteiger partial charge in [0, 0.05) is 28.8 Å². The molecule has 0 aromatic heterocycles. The summed E-state index contributed by atoms with van der Waals surface area (Å²) in [6, 6.07) is 7.78. The molecule has 32 heavy (non-hydrogen) atoms. The number of hydrogen-bond acceptors (Lipinski definition) is 5. The van der Waals surface area contributed by atoms with Gasteiger partial charge < -0.3 is 19.7 Å². The first-order valence-electron chi connectivity index (χ1n) is 11.9. The molecule has 4 saturated carbocycles. The second-order valence-corrected chi connectivity index (χ2v) is 12.2. The standard InChI is InChI=1S/C25H33BrN2O4/c1-17(23(30)27-20-2-4-21(5-3-20)28-6-8-31-9-7-28)32-22(29)15-24-11-18-10-19(12-24)14-25(26,13-18)16-24/h2-5,17-19H,6-16H2,1H3,(H,27,30). The lowest BCUT2D eigenvalue weighted by Crippen LogP contribution is -2.53. The highest BCUT2D eigenvalue weighted by molar-refractivity contribution is 9.10. The average Bonchev–Trinajstić information content (AvgIpc) is 2.72. The fourth-order valence-corrected chi connectivity index (χ4v) is 8.47. The van der Waals surface area contributed by atoms with Gasteiger partial charge in [-0.1, -0.05) is 15.9 Å². The summed E-state index contributed by atoms with van der Waals surface area (Å²) in [7, 11) is 0. The van der Waals surface area contributed by atoms with Crippen molar-refractivity contribution in [3.63, 3.8) is 0 Å². The van der Waals surface area contributed by atoms with Crippen LogP contribution in [0.3, 0.4) is 0 Å². The van der Waals surface area contributed by atoms with Crippen molar-refractivity contribution in [3.05, 3.63) is 24.3 Å². The molecule has 4 aliphatic carbocycles. The van der Waals surface area contributed by atoms with Crippen LogP contribution in [-0.4, -0.2) is 48.6 Å². The Morgan fingerprint density at radius 3 is 2.44 bits per heavy atom. The molecule has 1 aliphatic heterocycles. The van der Waals surface area contributed by atoms with Crippen LogP contribution in [0.4, 0.5) is 11.4 Å². The Bertz CT molecular complexity index is 853. The molecule has 0 radical (unpaired) electrons. The van der Waals surface area contributed by atoms with Gasteiger partial charge in [0.15, 0.2) is 6.10 Å². The van der Waals surface area contributed by atoms with Crippen molar-refractivity contribution in [3.8, 4) is 0 Å². The Labute approximate surface area is 198 Å². The Morgan fingerprint density at radius 1 is 1.16 bits per heavy atom. The number of esters is 1. The van der Waals surface area contributed by atoms with Gasteiger partial charge in [-0.25, -0.2) is 0 Å². The number of morpholine rings is 1. The quantitative estimate of drug-likeness (QED) is 0.455. The van der Waals surface area contributed by atoms with Crippen molar-refractivity contribution in [2.24, 2.45) is 17.3 Å². The molecule has 3 atom stereocenters. The Balaban J connectivity index is 1.13. The van der Waals surface area contributed by atoms with Gasteiger partial charge in [-0.15, -0.1) is 0 Å². The summed E-state index contributed by atoms with van der Waals surface area (Å²) in [5, 5.41) is 2.88. The molecule has 1 heterocycles. The highest BCUT2D eigenvalue weighted by Gasteiger charge is 2.57. The Morgan fingerprint density at radius 2 is 1.81 bits per heavy atom. The zero-order valence-electron chi connectivity index (χ0n) is 18.8. The third kappa shape index (κ3) is 4.69. The number of nitrogens with zero attached hydrogens (tertiary/aromatic N) is 1. The monoisotopic (exact) mass is 504 g/mol. The molecule has 5 fully saturated rings. The molecule has 1 aromatic carbocycles. The second kappa shape index (κ2) is 8.64. The van der Waals surface area contributed by atoms with Gasteiger partial charge in [-0.2, -0.15) is 0 Å². The van der Waals surface area contributed by atoms with Gasteiger partial charge in [-0.3, -0.25) is 9.59 Å². The van der Waals surface area contributed by atoms with Crippen LogP contribution in [0.5, 0.6) is 0 Å². The fraction of sp³-hybridized carbons (Fsp3) is 0.680. The minimum absolute atomic E-state index is 0.0518. The van der Waals surface area contributed by atoms with Crippen LogP contribution in [0.15, 0.2) is 24.3 Å². The molecule has 6 rings (SSSR count). The first kappa shape index (κ1) is 22.2. The molecule has 6 nitrogen and oxygen atoms in total. The van der Waals surface area contributed by atoms with E-state index in [0.29, 0.717) is 12.1 Å². The number of carbonyl (C=O) groups excluding carboxylic acids is 2. The van der Waals surface area contributed by atoms with E-state index in [-0.39, 0.29) is 21.6 Å². The van der Waals surface area contributed by atoms with Crippen molar-refractivity contribution in [2.75, 3.05) is 36.5 Å². The smallest absolute Gasteiger partial charge is 0.307 e. The predicted octanol–water partition coefficient (Wildman–Crippen LogP) is 4.52. The number of rotatable bonds is 6. The van der Waals surface area contributed by atoms with Crippen molar-refractivity contribution < 1.29 is 19.1 Å². The molecular weight excluding hydrogens is 472 g/mol. The van der Waals surface area contributed by atoms with Gasteiger partial charge in [-0.05, 0) is 87.0 Å². The van der Waals surface area contributed by atoms with Gasteiger partial charge in [0.2, 0.25) is 0 Å². The zero-order chi connectivity index (χ0) is 22.3. The van der Waals surface area contributed by atoms with Crippen LogP contribution >= 0.6 is 15.9 Å². The second-order valence-electron chi connectivity index (χ2n) is 10.6. The van der Waals surface area contributed by atoms with Crippen molar-refractivity contribution in [1.29, 1.82) is 0 Å². The Kier molecular flexibility index (Phi) is 5.99. The van der Waals surface area contributed by atoms with Crippen LogP contribution in [0.25, 0.3) is 0 Å². The number of hydrogen-bond donors (Lipinski definition) is 1. The van der Waals surface area contributed by atoms with E-state index in [9.17, 15) is 9.59 Å². The molecule has 1 aromatic rings. The van der Waals surface area contributed by atoms with E-state index in [0.717, 1.165) is 63.1 Å². The van der Waals surface area contributed by atoms with Crippen LogP contribution in [0.2, 0.25) is 0 Å². The third-order valence-corrected chi connectivity index (χ3v) is 8.75. The predicted molar refractivity (Wildman–Crippen MR) is 127 cm³/mol. The molecule has 174 valence electrons. The summed E-state index contributed by atoms with van der Waals surface area (Å²) in [4.78, 5) is 27.7. The van der Waals surface area contributed by atoms with Crippen LogP contribution < -0.4 is 10.2 Å². The van der Waals surface area contributed by atoms with Crippen molar-refractivity contribution in [2.45, 2.75) is 62.3 Å². The van der Waals surface area contributed by atoms with Crippen LogP contribution in [0, 0.1) is 17.3 Å². The maximum absolute atomic E-state index is 12.8. The van der Waals surface area contributed by atoms with E-state index < -0.39 is 6.10 Å². The van der Waals surface area contributed by atoms with Gasteiger partial charge in [0.05, 0.1) is 19.6 Å². The highest BCUT2D eigenvalue weighted by Crippen LogP contribution is 2.65. The average molecular weight is 505 g/mol. The first-order chi connectivity index (χ1) is 15.3. The maximum atomic E-state index is 12.8. The first-order valence-corrected chi connectivity index (χ1v) is 12.7. The van der Waals surface area contributed by atoms with E-state index in [1.807, 2.05) is 24.3 Å². The lowest BCUT2D eigenvalue weighted by molar-refractivity contribution is -0.159. The molecule has 4 bridgehead atoms. The minimum Gasteiger partial charge on any atom is -0.453 e. The van der Waals surface area contributed by atoms with E-state index in [1.54, 1.807) is 6.92 Å². The van der Waals surface area contributed by atoms with E-state index >= 15 is 0 Å². The number of carbonyl (C=O) groups is 2. The molecule has 5 aliphatic rings. The van der Waals surface area contributed by atoms with E-state index in [1.165, 1.54) is 19.3 Å². The van der Waals surface area contributed by atoms with Crippen molar-refractivity contribution >= 4 is 39.2 Å². The summed E-state index contributed by atoms with van der Waals surface area (Å²) in [5.41, 5.74) is 1.87. The van der Waals surface area contributed by atoms with Gasteiger partial charge in [0.1, 0.15) is 0 Å². The van der Waals surface area contributed by atoms with Crippen LogP contribution in [-0.2, 0) is 19.1 Å². The lowest BCUT2D eigenvalue weighted by atomic mass is 9.49. The molecular formula is C25H33BrN2O4. The zero-order valence-corrected chi connectivity index (χ0v) is 20.4. The molecule has 7 heteroatoms. The fourth-order valence-electron chi connectivity index (χ4n) is 6.96. The number of anilines is 2. The van der Waals surface area contributed by atoms with Crippen molar-refractivity contribution in [1.82, 2.24) is 0 Å². The summed E-state index contributed by atoms with van der Waals surface area (Å²) in [6.45, 7) is 4.87. The SMILES string of the molecule is CC(OC(=O)CC12CC3CC(CC(Br)(C3)C1)C2)C(=O)Nc1ccc(N2CCOCC2)cc1. The number of ether oxygens (including phenoxy) is 2. The van der Waals surface area contributed by atoms with Gasteiger partial charge >= 0.3 is 5.97 Å². The lowest BCUT2D eigenvalue weighted by Gasteiger charge is -2.60. The summed E-state index contributed by atoms with van der Waals surface area (Å²) >= 11 is 4.00. The molecule has 0 spiro atoms. The molecule has 1 saturated heterocycles. The van der Waals surface area contributed by atoms with E-state index in [4.69, 9.17) is 9.47 Å². The normalized spacial score (nSPS) is 34.2. The third-order valence-electron chi connectivity index (χ3n) is 7.82. The number of halogens is 1. The molecule has 3 unspecified atom stereocenters. The maximum Gasteiger partial charge on any atom is 0.307 e. The number of nitrogens with one attached hydrogen (secondary N) is 1. The van der Waals surface area contributed by atoms with E-state index in [2.05, 4.69) is 26.1 Å². The number of benzene rings is 1. The largest absolute Gasteiger partial charge is 0.453 e.